The van der Waals surface area contributed by atoms with Crippen LogP contribution in [0.2, 0.25) is 0 Å². The zero-order valence-corrected chi connectivity index (χ0v) is 14.7. The van der Waals surface area contributed by atoms with Gasteiger partial charge in [0.05, 0.1) is 13.2 Å². The van der Waals surface area contributed by atoms with E-state index in [1.165, 1.54) is 31.5 Å². The van der Waals surface area contributed by atoms with Crippen LogP contribution >= 0.6 is 11.3 Å². The third kappa shape index (κ3) is 2.63. The molecule has 2 aromatic heterocycles. The summed E-state index contributed by atoms with van der Waals surface area (Å²) in [7, 11) is 0. The zero-order valence-electron chi connectivity index (χ0n) is 13.9. The van der Waals surface area contributed by atoms with Crippen LogP contribution in [0.5, 0.6) is 0 Å². The molecular weight excluding hydrogens is 322 g/mol. The van der Waals surface area contributed by atoms with Crippen molar-refractivity contribution >= 4 is 16.5 Å². The Bertz CT molecular complexity index is 720. The summed E-state index contributed by atoms with van der Waals surface area (Å²) >= 11 is 1.71. The average Bonchev–Trinajstić information content (AvgIpc) is 3.21. The lowest BCUT2D eigenvalue weighted by Gasteiger charge is -2.26. The highest BCUT2D eigenvalue weighted by atomic mass is 32.1. The molecule has 0 aromatic carbocycles. The third-order valence-electron chi connectivity index (χ3n) is 5.63. The molecule has 3 aliphatic rings. The van der Waals surface area contributed by atoms with Gasteiger partial charge >= 0.3 is 0 Å². The molecule has 2 atom stereocenters. The molecule has 2 bridgehead atoms. The number of ether oxygens (including phenoxy) is 1. The fourth-order valence-corrected chi connectivity index (χ4v) is 5.26. The molecule has 7 heteroatoms. The van der Waals surface area contributed by atoms with E-state index in [-0.39, 0.29) is 0 Å². The van der Waals surface area contributed by atoms with Crippen LogP contribution in [-0.4, -0.2) is 46.1 Å². The van der Waals surface area contributed by atoms with Gasteiger partial charge in [0.1, 0.15) is 11.5 Å². The topological polar surface area (TPSA) is 56.1 Å². The molecule has 1 saturated carbocycles. The SMILES string of the molecule is c1sc(N2CCOCC2)nc1-c1nnc2n1CC1CCCC(C2)C1. The van der Waals surface area contributed by atoms with E-state index in [0.29, 0.717) is 0 Å². The predicted octanol–water partition coefficient (Wildman–Crippen LogP) is 2.60. The number of hydrogen-bond donors (Lipinski definition) is 0. The minimum Gasteiger partial charge on any atom is -0.378 e. The summed E-state index contributed by atoms with van der Waals surface area (Å²) < 4.78 is 7.79. The fraction of sp³-hybridized carbons (Fsp3) is 0.706. The van der Waals surface area contributed by atoms with Crippen molar-refractivity contribution < 1.29 is 4.74 Å². The van der Waals surface area contributed by atoms with Crippen LogP contribution in [0.3, 0.4) is 0 Å². The first-order valence-corrected chi connectivity index (χ1v) is 9.95. The van der Waals surface area contributed by atoms with E-state index < -0.39 is 0 Å². The molecule has 0 N–H and O–H groups in total. The Kier molecular flexibility index (Phi) is 3.78. The van der Waals surface area contributed by atoms with E-state index in [1.54, 1.807) is 11.3 Å². The van der Waals surface area contributed by atoms with Gasteiger partial charge in [-0.1, -0.05) is 6.42 Å². The van der Waals surface area contributed by atoms with Gasteiger partial charge in [0.15, 0.2) is 11.0 Å². The Morgan fingerprint density at radius 1 is 1.12 bits per heavy atom. The number of rotatable bonds is 2. The van der Waals surface area contributed by atoms with E-state index in [9.17, 15) is 0 Å². The summed E-state index contributed by atoms with van der Waals surface area (Å²) in [6, 6.07) is 0. The number of morpholine rings is 1. The van der Waals surface area contributed by atoms with E-state index in [2.05, 4.69) is 25.0 Å². The van der Waals surface area contributed by atoms with Crippen molar-refractivity contribution in [3.8, 4) is 11.5 Å². The minimum absolute atomic E-state index is 0.789. The van der Waals surface area contributed by atoms with Crippen molar-refractivity contribution in [2.24, 2.45) is 11.8 Å². The first-order chi connectivity index (χ1) is 11.9. The van der Waals surface area contributed by atoms with E-state index in [1.807, 2.05) is 0 Å². The Morgan fingerprint density at radius 2 is 2.00 bits per heavy atom. The smallest absolute Gasteiger partial charge is 0.186 e. The Hall–Kier alpha value is -1.47. The second-order valence-electron chi connectivity index (χ2n) is 7.27. The summed E-state index contributed by atoms with van der Waals surface area (Å²) in [4.78, 5) is 7.18. The third-order valence-corrected chi connectivity index (χ3v) is 6.54. The minimum atomic E-state index is 0.789. The van der Waals surface area contributed by atoms with Crippen LogP contribution in [0.15, 0.2) is 5.38 Å². The van der Waals surface area contributed by atoms with Crippen molar-refractivity contribution in [2.45, 2.75) is 38.6 Å². The maximum atomic E-state index is 5.44. The molecule has 0 radical (unpaired) electrons. The Morgan fingerprint density at radius 3 is 2.92 bits per heavy atom. The lowest BCUT2D eigenvalue weighted by atomic mass is 9.81. The molecule has 128 valence electrons. The number of aromatic nitrogens is 4. The number of hydrogen-bond acceptors (Lipinski definition) is 6. The summed E-state index contributed by atoms with van der Waals surface area (Å²) in [5, 5.41) is 12.2. The Balaban J connectivity index is 1.45. The van der Waals surface area contributed by atoms with E-state index in [0.717, 1.165) is 67.8 Å². The number of fused-ring (bicyclic) bond motifs is 3. The van der Waals surface area contributed by atoms with Gasteiger partial charge in [-0.2, -0.15) is 0 Å². The van der Waals surface area contributed by atoms with Gasteiger partial charge in [-0.05, 0) is 31.1 Å². The molecule has 6 nitrogen and oxygen atoms in total. The Labute approximate surface area is 145 Å². The zero-order chi connectivity index (χ0) is 15.9. The summed E-state index contributed by atoms with van der Waals surface area (Å²) in [6.45, 7) is 4.50. The molecule has 2 aliphatic heterocycles. The van der Waals surface area contributed by atoms with Crippen LogP contribution in [0.25, 0.3) is 11.5 Å². The van der Waals surface area contributed by atoms with Crippen molar-refractivity contribution in [1.29, 1.82) is 0 Å². The van der Waals surface area contributed by atoms with Gasteiger partial charge in [0.2, 0.25) is 0 Å². The summed E-state index contributed by atoms with van der Waals surface area (Å²) in [6.07, 6.45) is 6.53. The molecule has 2 unspecified atom stereocenters. The number of anilines is 1. The highest BCUT2D eigenvalue weighted by Gasteiger charge is 2.30. The maximum absolute atomic E-state index is 5.44. The van der Waals surface area contributed by atoms with Gasteiger partial charge in [0.25, 0.3) is 0 Å². The molecule has 1 aliphatic carbocycles. The van der Waals surface area contributed by atoms with Crippen molar-refractivity contribution in [3.63, 3.8) is 0 Å². The van der Waals surface area contributed by atoms with Crippen molar-refractivity contribution in [1.82, 2.24) is 19.7 Å². The molecule has 1 saturated heterocycles. The largest absolute Gasteiger partial charge is 0.378 e. The predicted molar refractivity (Wildman–Crippen MR) is 93.3 cm³/mol. The average molecular weight is 345 g/mol. The van der Waals surface area contributed by atoms with Gasteiger partial charge < -0.3 is 14.2 Å². The van der Waals surface area contributed by atoms with Crippen molar-refractivity contribution in [3.05, 3.63) is 11.2 Å². The second kappa shape index (κ2) is 6.11. The first kappa shape index (κ1) is 14.8. The molecule has 2 fully saturated rings. The second-order valence-corrected chi connectivity index (χ2v) is 8.10. The summed E-state index contributed by atoms with van der Waals surface area (Å²) in [5.41, 5.74) is 0.983. The van der Waals surface area contributed by atoms with Crippen molar-refractivity contribution in [2.75, 3.05) is 31.2 Å². The highest BCUT2D eigenvalue weighted by molar-refractivity contribution is 7.14. The first-order valence-electron chi connectivity index (χ1n) is 9.07. The fourth-order valence-electron chi connectivity index (χ4n) is 4.40. The van der Waals surface area contributed by atoms with Gasteiger partial charge in [-0.15, -0.1) is 21.5 Å². The van der Waals surface area contributed by atoms with Crippen LogP contribution in [0.1, 0.15) is 31.5 Å². The molecule has 2 aromatic rings. The van der Waals surface area contributed by atoms with Gasteiger partial charge in [0, 0.05) is 31.4 Å². The lowest BCUT2D eigenvalue weighted by Crippen LogP contribution is -2.36. The van der Waals surface area contributed by atoms with Crippen LogP contribution in [0.4, 0.5) is 5.13 Å². The molecule has 4 heterocycles. The molecular formula is C17H23N5OS. The molecule has 5 rings (SSSR count). The molecule has 0 amide bonds. The van der Waals surface area contributed by atoms with Crippen LogP contribution in [0, 0.1) is 11.8 Å². The quantitative estimate of drug-likeness (QED) is 0.837. The maximum Gasteiger partial charge on any atom is 0.186 e. The van der Waals surface area contributed by atoms with Gasteiger partial charge in [-0.25, -0.2) is 4.98 Å². The lowest BCUT2D eigenvalue weighted by molar-refractivity contribution is 0.122. The van der Waals surface area contributed by atoms with E-state index >= 15 is 0 Å². The highest BCUT2D eigenvalue weighted by Crippen LogP contribution is 2.37. The monoisotopic (exact) mass is 345 g/mol. The molecule has 24 heavy (non-hydrogen) atoms. The van der Waals surface area contributed by atoms with Crippen LogP contribution < -0.4 is 4.90 Å². The normalized spacial score (nSPS) is 26.9. The number of thiazole rings is 1. The van der Waals surface area contributed by atoms with E-state index in [4.69, 9.17) is 9.72 Å². The van der Waals surface area contributed by atoms with Gasteiger partial charge in [-0.3, -0.25) is 0 Å². The standard InChI is InChI=1S/C17H23N5OS/c1-2-12-8-13(3-1)10-22-15(9-12)19-20-16(22)14-11-24-17(18-14)21-4-6-23-7-5-21/h11-13H,1-10H2. The summed E-state index contributed by atoms with van der Waals surface area (Å²) in [5.74, 6) is 3.73. The molecule has 0 spiro atoms. The van der Waals surface area contributed by atoms with Crippen LogP contribution in [-0.2, 0) is 17.7 Å². The number of nitrogens with zero attached hydrogens (tertiary/aromatic N) is 5.